The van der Waals surface area contributed by atoms with Crippen LogP contribution in [0.5, 0.6) is 0 Å². The van der Waals surface area contributed by atoms with Crippen LogP contribution >= 0.6 is 8.58 Å². The van der Waals surface area contributed by atoms with E-state index in [1.807, 2.05) is 0 Å². The molecule has 0 unspecified atom stereocenters. The summed E-state index contributed by atoms with van der Waals surface area (Å²) in [6.07, 6.45) is 8.46. The summed E-state index contributed by atoms with van der Waals surface area (Å²) in [5.74, 6) is 0. The molecule has 0 bridgehead atoms. The van der Waals surface area contributed by atoms with Crippen molar-refractivity contribution in [3.63, 3.8) is 0 Å². The van der Waals surface area contributed by atoms with Crippen molar-refractivity contribution >= 4 is 8.58 Å². The van der Waals surface area contributed by atoms with Crippen LogP contribution in [0.1, 0.15) is 39.5 Å². The Hall–Kier alpha value is 0.430. The molecular formula is C8H18P. The van der Waals surface area contributed by atoms with Crippen LogP contribution in [0.15, 0.2) is 0 Å². The van der Waals surface area contributed by atoms with Crippen LogP contribution in [-0.2, 0) is 0 Å². The van der Waals surface area contributed by atoms with Gasteiger partial charge in [0.1, 0.15) is 0 Å². The zero-order valence-electron chi connectivity index (χ0n) is 6.69. The van der Waals surface area contributed by atoms with Crippen molar-refractivity contribution in [1.82, 2.24) is 0 Å². The third-order valence-corrected chi connectivity index (χ3v) is 2.47. The van der Waals surface area contributed by atoms with E-state index >= 15 is 0 Å². The Morgan fingerprint density at radius 2 is 1.78 bits per heavy atom. The van der Waals surface area contributed by atoms with E-state index in [-0.39, 0.29) is 0 Å². The SMILES string of the molecule is CCCCCC[P]CC. The molecule has 0 spiro atoms. The summed E-state index contributed by atoms with van der Waals surface area (Å²) in [6, 6.07) is 0. The third kappa shape index (κ3) is 8.43. The minimum absolute atomic E-state index is 1.34. The fraction of sp³-hybridized carbons (Fsp3) is 1.00. The van der Waals surface area contributed by atoms with Gasteiger partial charge in [-0.25, -0.2) is 0 Å². The molecule has 0 saturated carbocycles. The first kappa shape index (κ1) is 9.43. The molecule has 0 amide bonds. The Labute approximate surface area is 61.2 Å². The minimum atomic E-state index is 1.34. The van der Waals surface area contributed by atoms with Crippen molar-refractivity contribution in [2.24, 2.45) is 0 Å². The zero-order chi connectivity index (χ0) is 6.95. The summed E-state index contributed by atoms with van der Waals surface area (Å²) in [5, 5.41) is 0. The number of rotatable bonds is 6. The Bertz CT molecular complexity index is 37.8. The molecular weight excluding hydrogens is 127 g/mol. The van der Waals surface area contributed by atoms with E-state index in [1.165, 1.54) is 38.0 Å². The quantitative estimate of drug-likeness (QED) is 0.396. The van der Waals surface area contributed by atoms with E-state index in [1.54, 1.807) is 8.58 Å². The predicted molar refractivity (Wildman–Crippen MR) is 46.5 cm³/mol. The van der Waals surface area contributed by atoms with Crippen molar-refractivity contribution in [3.8, 4) is 0 Å². The van der Waals surface area contributed by atoms with Gasteiger partial charge in [-0.3, -0.25) is 0 Å². The summed E-state index contributed by atoms with van der Waals surface area (Å²) in [4.78, 5) is 0. The van der Waals surface area contributed by atoms with Crippen molar-refractivity contribution in [3.05, 3.63) is 0 Å². The molecule has 1 radical (unpaired) electrons. The smallest absolute Gasteiger partial charge is 0.0287 e. The Morgan fingerprint density at radius 3 is 2.33 bits per heavy atom. The second kappa shape index (κ2) is 8.43. The van der Waals surface area contributed by atoms with E-state index in [0.29, 0.717) is 0 Å². The lowest BCUT2D eigenvalue weighted by atomic mass is 10.2. The second-order valence-electron chi connectivity index (χ2n) is 2.32. The van der Waals surface area contributed by atoms with Crippen LogP contribution in [0.2, 0.25) is 0 Å². The molecule has 0 heterocycles. The van der Waals surface area contributed by atoms with Gasteiger partial charge in [-0.2, -0.15) is 0 Å². The average molecular weight is 145 g/mol. The van der Waals surface area contributed by atoms with E-state index in [4.69, 9.17) is 0 Å². The molecule has 0 saturated heterocycles. The molecule has 0 aromatic rings. The molecule has 55 valence electrons. The highest BCUT2D eigenvalue weighted by atomic mass is 31.1. The third-order valence-electron chi connectivity index (χ3n) is 1.39. The number of hydrogen-bond acceptors (Lipinski definition) is 0. The first-order valence-electron chi connectivity index (χ1n) is 4.05. The fourth-order valence-corrected chi connectivity index (χ4v) is 1.57. The van der Waals surface area contributed by atoms with Crippen LogP contribution in [0.3, 0.4) is 0 Å². The van der Waals surface area contributed by atoms with Gasteiger partial charge in [0.05, 0.1) is 0 Å². The van der Waals surface area contributed by atoms with Gasteiger partial charge in [0.2, 0.25) is 0 Å². The largest absolute Gasteiger partial charge is 0.0813 e. The zero-order valence-corrected chi connectivity index (χ0v) is 7.58. The standard InChI is InChI=1S/C8H18P/c1-3-5-6-7-8-9-4-2/h3-8H2,1-2H3. The van der Waals surface area contributed by atoms with Gasteiger partial charge in [-0.1, -0.05) is 41.7 Å². The highest BCUT2D eigenvalue weighted by molar-refractivity contribution is 7.37. The van der Waals surface area contributed by atoms with Gasteiger partial charge in [-0.05, 0) is 18.7 Å². The van der Waals surface area contributed by atoms with E-state index in [9.17, 15) is 0 Å². The van der Waals surface area contributed by atoms with Crippen molar-refractivity contribution < 1.29 is 0 Å². The lowest BCUT2D eigenvalue weighted by molar-refractivity contribution is 0.705. The van der Waals surface area contributed by atoms with Crippen LogP contribution in [-0.4, -0.2) is 12.3 Å². The van der Waals surface area contributed by atoms with E-state index < -0.39 is 0 Å². The Balaban J connectivity index is 2.60. The highest BCUT2D eigenvalue weighted by Gasteiger charge is 1.86. The first-order chi connectivity index (χ1) is 4.41. The maximum absolute atomic E-state index is 2.26. The van der Waals surface area contributed by atoms with Gasteiger partial charge < -0.3 is 0 Å². The molecule has 1 heteroatoms. The monoisotopic (exact) mass is 145 g/mol. The minimum Gasteiger partial charge on any atom is -0.0813 e. The van der Waals surface area contributed by atoms with Gasteiger partial charge in [-0.15, -0.1) is 0 Å². The molecule has 0 N–H and O–H groups in total. The normalized spacial score (nSPS) is 11.3. The second-order valence-corrected chi connectivity index (χ2v) is 3.85. The molecule has 0 aliphatic heterocycles. The molecule has 0 atom stereocenters. The topological polar surface area (TPSA) is 0 Å². The maximum atomic E-state index is 2.26. The van der Waals surface area contributed by atoms with E-state index in [0.717, 1.165) is 0 Å². The van der Waals surface area contributed by atoms with E-state index in [2.05, 4.69) is 13.8 Å². The Morgan fingerprint density at radius 1 is 1.00 bits per heavy atom. The van der Waals surface area contributed by atoms with Gasteiger partial charge >= 0.3 is 0 Å². The molecule has 0 nitrogen and oxygen atoms in total. The Kier molecular flexibility index (Phi) is 8.83. The summed E-state index contributed by atoms with van der Waals surface area (Å²) in [5.41, 5.74) is 0. The summed E-state index contributed by atoms with van der Waals surface area (Å²) < 4.78 is 0. The van der Waals surface area contributed by atoms with Gasteiger partial charge in [0, 0.05) is 0 Å². The van der Waals surface area contributed by atoms with Gasteiger partial charge in [0.25, 0.3) is 0 Å². The van der Waals surface area contributed by atoms with Crippen LogP contribution in [0.4, 0.5) is 0 Å². The molecule has 0 fully saturated rings. The predicted octanol–water partition coefficient (Wildman–Crippen LogP) is 3.53. The lowest BCUT2D eigenvalue weighted by Gasteiger charge is -1.95. The highest BCUT2D eigenvalue weighted by Crippen LogP contribution is 2.12. The fourth-order valence-electron chi connectivity index (χ4n) is 0.808. The summed E-state index contributed by atoms with van der Waals surface area (Å²) in [6.45, 7) is 4.51. The van der Waals surface area contributed by atoms with Crippen LogP contribution in [0, 0.1) is 0 Å². The van der Waals surface area contributed by atoms with Gasteiger partial charge in [0.15, 0.2) is 0 Å². The molecule has 0 rings (SSSR count). The van der Waals surface area contributed by atoms with Crippen LogP contribution in [0.25, 0.3) is 0 Å². The molecule has 0 aromatic heterocycles. The van der Waals surface area contributed by atoms with Crippen LogP contribution < -0.4 is 0 Å². The molecule has 0 aliphatic rings. The summed E-state index contributed by atoms with van der Waals surface area (Å²) in [7, 11) is 1.64. The summed E-state index contributed by atoms with van der Waals surface area (Å²) >= 11 is 0. The number of unbranched alkanes of at least 4 members (excludes halogenated alkanes) is 3. The molecule has 0 aromatic carbocycles. The lowest BCUT2D eigenvalue weighted by Crippen LogP contribution is -1.78. The van der Waals surface area contributed by atoms with Crippen molar-refractivity contribution in [2.75, 3.05) is 12.3 Å². The molecule has 0 aliphatic carbocycles. The van der Waals surface area contributed by atoms with Crippen molar-refractivity contribution in [2.45, 2.75) is 39.5 Å². The van der Waals surface area contributed by atoms with Crippen molar-refractivity contribution in [1.29, 1.82) is 0 Å². The molecule has 9 heavy (non-hydrogen) atoms. The maximum Gasteiger partial charge on any atom is -0.0287 e. The number of hydrogen-bond donors (Lipinski definition) is 0. The first-order valence-corrected chi connectivity index (χ1v) is 5.31. The average Bonchev–Trinajstić information content (AvgIpc) is 1.89.